The SMILES string of the molecule is Cc1nc2cc(C)c(NC(=O)N3CCc4c(N5CCNC(C)(C)C5)ccnc43)cn2n1. The van der Waals surface area contributed by atoms with Gasteiger partial charge in [0.25, 0.3) is 0 Å². The first-order valence-electron chi connectivity index (χ1n) is 10.7. The number of hydrogen-bond donors (Lipinski definition) is 2. The molecule has 5 heterocycles. The highest BCUT2D eigenvalue weighted by Crippen LogP contribution is 2.35. The Labute approximate surface area is 181 Å². The molecule has 1 fully saturated rings. The normalized spacial score (nSPS) is 17.8. The van der Waals surface area contributed by atoms with E-state index in [0.29, 0.717) is 12.4 Å². The Hall–Kier alpha value is -3.20. The van der Waals surface area contributed by atoms with E-state index in [1.165, 1.54) is 5.69 Å². The van der Waals surface area contributed by atoms with Gasteiger partial charge in [0, 0.05) is 49.2 Å². The molecule has 0 aromatic carbocycles. The summed E-state index contributed by atoms with van der Waals surface area (Å²) in [6.07, 6.45) is 4.42. The monoisotopic (exact) mass is 420 g/mol. The fourth-order valence-electron chi connectivity index (χ4n) is 4.56. The van der Waals surface area contributed by atoms with Crippen LogP contribution in [-0.4, -0.2) is 57.3 Å². The van der Waals surface area contributed by atoms with Crippen molar-refractivity contribution in [2.75, 3.05) is 41.3 Å². The maximum atomic E-state index is 13.2. The number of carbonyl (C=O) groups is 1. The second kappa shape index (κ2) is 7.19. The molecule has 0 saturated carbocycles. The van der Waals surface area contributed by atoms with Gasteiger partial charge in [-0.15, -0.1) is 0 Å². The van der Waals surface area contributed by atoms with Crippen molar-refractivity contribution in [3.63, 3.8) is 0 Å². The molecule has 2 aliphatic rings. The van der Waals surface area contributed by atoms with Gasteiger partial charge in [0.05, 0.1) is 11.9 Å². The predicted octanol–water partition coefficient (Wildman–Crippen LogP) is 2.52. The Kier molecular flexibility index (Phi) is 4.58. The molecule has 5 rings (SSSR count). The van der Waals surface area contributed by atoms with Gasteiger partial charge in [-0.1, -0.05) is 0 Å². The molecule has 3 aromatic heterocycles. The molecule has 9 heteroatoms. The number of carbonyl (C=O) groups excluding carboxylic acids is 1. The largest absolute Gasteiger partial charge is 0.368 e. The third-order valence-corrected chi connectivity index (χ3v) is 6.03. The zero-order valence-electron chi connectivity index (χ0n) is 18.4. The van der Waals surface area contributed by atoms with E-state index >= 15 is 0 Å². The first-order valence-corrected chi connectivity index (χ1v) is 10.7. The predicted molar refractivity (Wildman–Crippen MR) is 121 cm³/mol. The van der Waals surface area contributed by atoms with Crippen LogP contribution in [0.5, 0.6) is 0 Å². The lowest BCUT2D eigenvalue weighted by Crippen LogP contribution is -2.57. The number of amides is 2. The molecule has 0 atom stereocenters. The van der Waals surface area contributed by atoms with Crippen molar-refractivity contribution in [3.8, 4) is 0 Å². The van der Waals surface area contributed by atoms with E-state index in [4.69, 9.17) is 0 Å². The molecular weight excluding hydrogens is 392 g/mol. The zero-order valence-corrected chi connectivity index (χ0v) is 18.4. The highest BCUT2D eigenvalue weighted by molar-refractivity contribution is 6.03. The maximum absolute atomic E-state index is 13.2. The molecule has 2 aliphatic heterocycles. The Morgan fingerprint density at radius 1 is 1.26 bits per heavy atom. The Bertz CT molecular complexity index is 1170. The van der Waals surface area contributed by atoms with Gasteiger partial charge in [0.1, 0.15) is 11.6 Å². The average molecular weight is 421 g/mol. The lowest BCUT2D eigenvalue weighted by molar-refractivity contribution is 0.257. The number of aromatic nitrogens is 4. The van der Waals surface area contributed by atoms with Crippen molar-refractivity contribution in [3.05, 3.63) is 41.5 Å². The highest BCUT2D eigenvalue weighted by atomic mass is 16.2. The molecule has 0 aliphatic carbocycles. The lowest BCUT2D eigenvalue weighted by Gasteiger charge is -2.41. The van der Waals surface area contributed by atoms with E-state index in [-0.39, 0.29) is 11.6 Å². The van der Waals surface area contributed by atoms with Crippen molar-refractivity contribution in [2.45, 2.75) is 39.7 Å². The molecule has 3 aromatic rings. The van der Waals surface area contributed by atoms with Crippen LogP contribution in [-0.2, 0) is 6.42 Å². The molecule has 31 heavy (non-hydrogen) atoms. The van der Waals surface area contributed by atoms with E-state index in [1.54, 1.807) is 9.42 Å². The average Bonchev–Trinajstić information content (AvgIpc) is 3.29. The van der Waals surface area contributed by atoms with Gasteiger partial charge in [-0.3, -0.25) is 4.90 Å². The molecular formula is C22H28N8O. The number of urea groups is 1. The van der Waals surface area contributed by atoms with Gasteiger partial charge >= 0.3 is 6.03 Å². The topological polar surface area (TPSA) is 90.7 Å². The fraction of sp³-hybridized carbons (Fsp3) is 0.455. The number of nitrogens with zero attached hydrogens (tertiary/aromatic N) is 6. The first-order chi connectivity index (χ1) is 14.8. The minimum Gasteiger partial charge on any atom is -0.368 e. The van der Waals surface area contributed by atoms with Gasteiger partial charge in [-0.25, -0.2) is 19.3 Å². The van der Waals surface area contributed by atoms with Crippen LogP contribution >= 0.6 is 0 Å². The first kappa shape index (κ1) is 19.7. The van der Waals surface area contributed by atoms with Crippen LogP contribution in [0.1, 0.15) is 30.8 Å². The van der Waals surface area contributed by atoms with Crippen molar-refractivity contribution >= 4 is 28.9 Å². The summed E-state index contributed by atoms with van der Waals surface area (Å²) in [4.78, 5) is 26.3. The number of fused-ring (bicyclic) bond motifs is 2. The summed E-state index contributed by atoms with van der Waals surface area (Å²) in [5.41, 5.74) is 4.82. The van der Waals surface area contributed by atoms with E-state index < -0.39 is 0 Å². The van der Waals surface area contributed by atoms with Crippen LogP contribution in [0, 0.1) is 13.8 Å². The number of pyridine rings is 2. The Morgan fingerprint density at radius 3 is 2.90 bits per heavy atom. The van der Waals surface area contributed by atoms with Crippen LogP contribution in [0.2, 0.25) is 0 Å². The minimum absolute atomic E-state index is 0.0555. The van der Waals surface area contributed by atoms with Gasteiger partial charge < -0.3 is 15.5 Å². The van der Waals surface area contributed by atoms with Crippen molar-refractivity contribution in [1.29, 1.82) is 0 Å². The molecule has 0 unspecified atom stereocenters. The van der Waals surface area contributed by atoms with E-state index in [9.17, 15) is 4.79 Å². The quantitative estimate of drug-likeness (QED) is 0.662. The summed E-state index contributed by atoms with van der Waals surface area (Å²) in [7, 11) is 0. The second-order valence-electron chi connectivity index (χ2n) is 9.03. The smallest absolute Gasteiger partial charge is 0.327 e. The third kappa shape index (κ3) is 3.59. The molecule has 2 amide bonds. The van der Waals surface area contributed by atoms with Crippen molar-refractivity contribution in [2.24, 2.45) is 0 Å². The number of hydrogen-bond acceptors (Lipinski definition) is 6. The fourth-order valence-corrected chi connectivity index (χ4v) is 4.56. The number of anilines is 3. The number of nitrogens with one attached hydrogen (secondary N) is 2. The molecule has 2 N–H and O–H groups in total. The van der Waals surface area contributed by atoms with Crippen LogP contribution < -0.4 is 20.4 Å². The molecule has 9 nitrogen and oxygen atoms in total. The minimum atomic E-state index is -0.177. The number of piperazine rings is 1. The number of aryl methyl sites for hydroxylation is 2. The molecule has 1 saturated heterocycles. The Balaban J connectivity index is 1.40. The highest BCUT2D eigenvalue weighted by Gasteiger charge is 2.32. The van der Waals surface area contributed by atoms with Gasteiger partial charge in [-0.05, 0) is 51.8 Å². The summed E-state index contributed by atoms with van der Waals surface area (Å²) in [6.45, 7) is 11.7. The zero-order chi connectivity index (χ0) is 21.8. The standard InChI is InChI=1S/C22H28N8O/c1-14-11-19-25-15(2)27-30(19)12-17(14)26-21(31)29-9-6-16-18(5-7-23-20(16)29)28-10-8-24-22(3,4)13-28/h5,7,11-12,24H,6,8-10,13H2,1-4H3,(H,26,31). The molecule has 162 valence electrons. The molecule has 0 radical (unpaired) electrons. The van der Waals surface area contributed by atoms with E-state index in [2.05, 4.69) is 50.5 Å². The van der Waals surface area contributed by atoms with Gasteiger partial charge in [0.2, 0.25) is 0 Å². The van der Waals surface area contributed by atoms with Gasteiger partial charge in [-0.2, -0.15) is 5.10 Å². The van der Waals surface area contributed by atoms with Crippen molar-refractivity contribution in [1.82, 2.24) is 24.9 Å². The lowest BCUT2D eigenvalue weighted by atomic mass is 10.0. The molecule has 0 spiro atoms. The number of rotatable bonds is 2. The molecule has 0 bridgehead atoms. The maximum Gasteiger partial charge on any atom is 0.327 e. The van der Waals surface area contributed by atoms with E-state index in [0.717, 1.165) is 54.3 Å². The summed E-state index contributed by atoms with van der Waals surface area (Å²) in [5, 5.41) is 10.9. The van der Waals surface area contributed by atoms with Crippen molar-refractivity contribution < 1.29 is 4.79 Å². The van der Waals surface area contributed by atoms with Crippen LogP contribution in [0.3, 0.4) is 0 Å². The summed E-state index contributed by atoms with van der Waals surface area (Å²) in [6, 6.07) is 3.83. The van der Waals surface area contributed by atoms with Crippen LogP contribution in [0.25, 0.3) is 5.65 Å². The van der Waals surface area contributed by atoms with Crippen LogP contribution in [0.15, 0.2) is 24.5 Å². The van der Waals surface area contributed by atoms with Gasteiger partial charge in [0.15, 0.2) is 5.65 Å². The Morgan fingerprint density at radius 2 is 2.10 bits per heavy atom. The van der Waals surface area contributed by atoms with Crippen LogP contribution in [0.4, 0.5) is 22.0 Å². The summed E-state index contributed by atoms with van der Waals surface area (Å²) < 4.78 is 1.69. The summed E-state index contributed by atoms with van der Waals surface area (Å²) >= 11 is 0. The van der Waals surface area contributed by atoms with E-state index in [1.807, 2.05) is 32.3 Å². The second-order valence-corrected chi connectivity index (χ2v) is 9.03. The summed E-state index contributed by atoms with van der Waals surface area (Å²) in [5.74, 6) is 1.45. The third-order valence-electron chi connectivity index (χ3n) is 6.03.